The second-order valence-corrected chi connectivity index (χ2v) is 7.63. The summed E-state index contributed by atoms with van der Waals surface area (Å²) >= 11 is 5.36. The molecule has 0 radical (unpaired) electrons. The summed E-state index contributed by atoms with van der Waals surface area (Å²) in [5.74, 6) is 0. The fourth-order valence-electron chi connectivity index (χ4n) is 2.00. The van der Waals surface area contributed by atoms with Crippen molar-refractivity contribution in [1.82, 2.24) is 0 Å². The van der Waals surface area contributed by atoms with Crippen LogP contribution in [-0.4, -0.2) is 0 Å². The Morgan fingerprint density at radius 1 is 1.11 bits per heavy atom. The average molecular weight is 338 g/mol. The van der Waals surface area contributed by atoms with Crippen molar-refractivity contribution in [1.29, 1.82) is 0 Å². The van der Waals surface area contributed by atoms with E-state index in [1.165, 1.54) is 20.6 Å². The molecular formula is C16H20BrNS. The van der Waals surface area contributed by atoms with E-state index in [1.54, 1.807) is 11.3 Å². The van der Waals surface area contributed by atoms with Crippen molar-refractivity contribution in [2.45, 2.75) is 39.2 Å². The second-order valence-electron chi connectivity index (χ2n) is 5.83. The molecule has 0 saturated carbocycles. The van der Waals surface area contributed by atoms with Gasteiger partial charge in [0, 0.05) is 15.0 Å². The number of rotatable bonds is 3. The zero-order valence-corrected chi connectivity index (χ0v) is 14.2. The topological polar surface area (TPSA) is 12.0 Å². The van der Waals surface area contributed by atoms with Crippen LogP contribution < -0.4 is 5.32 Å². The van der Waals surface area contributed by atoms with Crippen LogP contribution in [0.5, 0.6) is 0 Å². The van der Waals surface area contributed by atoms with Crippen LogP contribution >= 0.6 is 27.3 Å². The van der Waals surface area contributed by atoms with Gasteiger partial charge in [-0.3, -0.25) is 0 Å². The first kappa shape index (κ1) is 14.6. The molecule has 1 atom stereocenters. The van der Waals surface area contributed by atoms with Crippen molar-refractivity contribution in [3.8, 4) is 0 Å². The molecule has 19 heavy (non-hydrogen) atoms. The minimum atomic E-state index is 0.209. The maximum Gasteiger partial charge on any atom is 0.0589 e. The molecule has 0 spiro atoms. The minimum Gasteiger partial charge on any atom is -0.378 e. The predicted octanol–water partition coefficient (Wildman–Crippen LogP) is 5.98. The Morgan fingerprint density at radius 2 is 1.74 bits per heavy atom. The third kappa shape index (κ3) is 3.61. The largest absolute Gasteiger partial charge is 0.378 e. The molecule has 3 heteroatoms. The zero-order valence-electron chi connectivity index (χ0n) is 11.8. The Labute approximate surface area is 128 Å². The molecule has 0 aliphatic heterocycles. The molecule has 1 unspecified atom stereocenters. The monoisotopic (exact) mass is 337 g/mol. The first-order valence-corrected chi connectivity index (χ1v) is 8.15. The molecule has 0 bridgehead atoms. The highest BCUT2D eigenvalue weighted by Gasteiger charge is 2.14. The lowest BCUT2D eigenvalue weighted by atomic mass is 9.87. The van der Waals surface area contributed by atoms with Gasteiger partial charge < -0.3 is 5.32 Å². The summed E-state index contributed by atoms with van der Waals surface area (Å²) in [6, 6.07) is 11.2. The summed E-state index contributed by atoms with van der Waals surface area (Å²) in [4.78, 5) is 1.33. The maximum absolute atomic E-state index is 3.59. The summed E-state index contributed by atoms with van der Waals surface area (Å²) in [6.07, 6.45) is 0. The number of benzene rings is 1. The Hall–Kier alpha value is -0.800. The van der Waals surface area contributed by atoms with E-state index in [9.17, 15) is 0 Å². The predicted molar refractivity (Wildman–Crippen MR) is 89.2 cm³/mol. The van der Waals surface area contributed by atoms with E-state index >= 15 is 0 Å². The Morgan fingerprint density at radius 3 is 2.21 bits per heavy atom. The van der Waals surface area contributed by atoms with Gasteiger partial charge in [0.25, 0.3) is 0 Å². The highest BCUT2D eigenvalue weighted by atomic mass is 79.9. The van der Waals surface area contributed by atoms with Gasteiger partial charge in [0.05, 0.1) is 6.04 Å². The van der Waals surface area contributed by atoms with Gasteiger partial charge in [0.2, 0.25) is 0 Å². The van der Waals surface area contributed by atoms with Gasteiger partial charge in [0.15, 0.2) is 0 Å². The van der Waals surface area contributed by atoms with Crippen molar-refractivity contribution in [3.63, 3.8) is 0 Å². The number of thiophene rings is 1. The van der Waals surface area contributed by atoms with Crippen molar-refractivity contribution < 1.29 is 0 Å². The van der Waals surface area contributed by atoms with Crippen LogP contribution in [0, 0.1) is 0 Å². The van der Waals surface area contributed by atoms with Crippen LogP contribution in [0.2, 0.25) is 0 Å². The van der Waals surface area contributed by atoms with Crippen LogP contribution in [-0.2, 0) is 5.41 Å². The summed E-state index contributed by atoms with van der Waals surface area (Å²) in [5, 5.41) is 5.66. The van der Waals surface area contributed by atoms with Crippen LogP contribution in [0.15, 0.2) is 40.2 Å². The van der Waals surface area contributed by atoms with Gasteiger partial charge in [-0.15, -0.1) is 11.3 Å². The summed E-state index contributed by atoms with van der Waals surface area (Å²) < 4.78 is 1.18. The molecule has 2 aromatic rings. The summed E-state index contributed by atoms with van der Waals surface area (Å²) in [7, 11) is 0. The van der Waals surface area contributed by atoms with Gasteiger partial charge in [-0.05, 0) is 57.4 Å². The van der Waals surface area contributed by atoms with Gasteiger partial charge in [-0.2, -0.15) is 0 Å². The normalized spacial score (nSPS) is 13.3. The number of hydrogen-bond acceptors (Lipinski definition) is 2. The van der Waals surface area contributed by atoms with Gasteiger partial charge in [-0.1, -0.05) is 32.9 Å². The minimum absolute atomic E-state index is 0.209. The molecule has 102 valence electrons. The van der Waals surface area contributed by atoms with Crippen molar-refractivity contribution in [2.75, 3.05) is 5.32 Å². The van der Waals surface area contributed by atoms with E-state index in [2.05, 4.69) is 84.7 Å². The highest BCUT2D eigenvalue weighted by Crippen LogP contribution is 2.31. The lowest BCUT2D eigenvalue weighted by Crippen LogP contribution is -2.11. The summed E-state index contributed by atoms with van der Waals surface area (Å²) in [5.41, 5.74) is 2.74. The standard InChI is InChI=1S/C16H20BrNS/c1-11(15-14(17)9-10-19-15)18-13-7-5-12(6-8-13)16(2,3)4/h5-11,18H,1-4H3. The molecule has 1 aromatic heterocycles. The van der Waals surface area contributed by atoms with E-state index < -0.39 is 0 Å². The second kappa shape index (κ2) is 5.68. The molecule has 2 rings (SSSR count). The highest BCUT2D eigenvalue weighted by molar-refractivity contribution is 9.10. The molecule has 0 aliphatic carbocycles. The zero-order chi connectivity index (χ0) is 14.0. The van der Waals surface area contributed by atoms with Crippen LogP contribution in [0.25, 0.3) is 0 Å². The fourth-order valence-corrected chi connectivity index (χ4v) is 3.72. The van der Waals surface area contributed by atoms with Crippen molar-refractivity contribution in [3.05, 3.63) is 50.6 Å². The number of anilines is 1. The SMILES string of the molecule is CC(Nc1ccc(C(C)(C)C)cc1)c1sccc1Br. The first-order valence-electron chi connectivity index (χ1n) is 6.48. The molecule has 0 saturated heterocycles. The Kier molecular flexibility index (Phi) is 4.36. The fraction of sp³-hybridized carbons (Fsp3) is 0.375. The van der Waals surface area contributed by atoms with E-state index in [0.29, 0.717) is 6.04 Å². The Bertz CT molecular complexity index is 537. The smallest absolute Gasteiger partial charge is 0.0589 e. The van der Waals surface area contributed by atoms with E-state index in [0.717, 1.165) is 0 Å². The molecule has 1 heterocycles. The molecule has 1 nitrogen and oxygen atoms in total. The van der Waals surface area contributed by atoms with Crippen molar-refractivity contribution >= 4 is 33.0 Å². The van der Waals surface area contributed by atoms with E-state index in [4.69, 9.17) is 0 Å². The third-order valence-corrected chi connectivity index (χ3v) is 5.23. The van der Waals surface area contributed by atoms with E-state index in [1.807, 2.05) is 0 Å². The van der Waals surface area contributed by atoms with Gasteiger partial charge >= 0.3 is 0 Å². The van der Waals surface area contributed by atoms with Crippen LogP contribution in [0.4, 0.5) is 5.69 Å². The van der Waals surface area contributed by atoms with Crippen LogP contribution in [0.3, 0.4) is 0 Å². The quantitative estimate of drug-likeness (QED) is 0.726. The summed E-state index contributed by atoms with van der Waals surface area (Å²) in [6.45, 7) is 8.90. The lowest BCUT2D eigenvalue weighted by molar-refractivity contribution is 0.590. The first-order chi connectivity index (χ1) is 8.88. The molecular weight excluding hydrogens is 318 g/mol. The number of halogens is 1. The van der Waals surface area contributed by atoms with Gasteiger partial charge in [-0.25, -0.2) is 0 Å². The molecule has 1 aromatic carbocycles. The van der Waals surface area contributed by atoms with E-state index in [-0.39, 0.29) is 5.41 Å². The van der Waals surface area contributed by atoms with Crippen LogP contribution in [0.1, 0.15) is 44.2 Å². The lowest BCUT2D eigenvalue weighted by Gasteiger charge is -2.20. The maximum atomic E-state index is 3.59. The molecule has 0 fully saturated rings. The number of hydrogen-bond donors (Lipinski definition) is 1. The van der Waals surface area contributed by atoms with Gasteiger partial charge in [0.1, 0.15) is 0 Å². The number of nitrogens with one attached hydrogen (secondary N) is 1. The van der Waals surface area contributed by atoms with Crippen molar-refractivity contribution in [2.24, 2.45) is 0 Å². The average Bonchev–Trinajstić information content (AvgIpc) is 2.75. The third-order valence-electron chi connectivity index (χ3n) is 3.17. The molecule has 1 N–H and O–H groups in total. The molecule has 0 amide bonds. The Balaban J connectivity index is 2.10. The molecule has 0 aliphatic rings.